The van der Waals surface area contributed by atoms with Gasteiger partial charge in [-0.15, -0.1) is 0 Å². The summed E-state index contributed by atoms with van der Waals surface area (Å²) in [6.07, 6.45) is 0.254. The van der Waals surface area contributed by atoms with E-state index in [4.69, 9.17) is 9.15 Å². The Morgan fingerprint density at radius 1 is 1.35 bits per heavy atom. The number of carbonyl (C=O) groups is 1. The van der Waals surface area contributed by atoms with Crippen molar-refractivity contribution < 1.29 is 13.9 Å². The Morgan fingerprint density at radius 3 is 2.76 bits per heavy atom. The van der Waals surface area contributed by atoms with Gasteiger partial charge in [0, 0.05) is 12.0 Å². The van der Waals surface area contributed by atoms with E-state index in [0.29, 0.717) is 18.8 Å². The highest BCUT2D eigenvalue weighted by Gasteiger charge is 2.21. The van der Waals surface area contributed by atoms with Gasteiger partial charge in [-0.25, -0.2) is 0 Å². The Bertz CT molecular complexity index is 480. The van der Waals surface area contributed by atoms with Crippen LogP contribution >= 0.6 is 0 Å². The molecule has 0 amide bonds. The second kappa shape index (κ2) is 5.15. The molecule has 0 aliphatic carbocycles. The van der Waals surface area contributed by atoms with Crippen molar-refractivity contribution in [1.82, 2.24) is 0 Å². The summed E-state index contributed by atoms with van der Waals surface area (Å²) in [5, 5.41) is 0.946. The van der Waals surface area contributed by atoms with Crippen molar-refractivity contribution in [2.75, 3.05) is 6.61 Å². The Labute approximate surface area is 100 Å². The molecule has 0 saturated heterocycles. The van der Waals surface area contributed by atoms with Crippen LogP contribution in [0.25, 0.3) is 11.0 Å². The Kier molecular flexibility index (Phi) is 3.59. The molecule has 2 aromatic rings. The number of hydrogen-bond donors (Lipinski definition) is 0. The van der Waals surface area contributed by atoms with Crippen molar-refractivity contribution >= 4 is 16.8 Å². The highest BCUT2D eigenvalue weighted by Crippen LogP contribution is 2.21. The number of carbonyl (C=O) groups excluding carboxylic acids is 1. The lowest BCUT2D eigenvalue weighted by atomic mass is 10.1. The Morgan fingerprint density at radius 2 is 2.12 bits per heavy atom. The maximum absolute atomic E-state index is 12.1. The van der Waals surface area contributed by atoms with E-state index < -0.39 is 6.10 Å². The van der Waals surface area contributed by atoms with Crippen LogP contribution in [0.4, 0.5) is 0 Å². The summed E-state index contributed by atoms with van der Waals surface area (Å²) in [5.74, 6) is 0.303. The number of ketones is 1. The minimum Gasteiger partial charge on any atom is -0.453 e. The molecule has 0 spiro atoms. The lowest BCUT2D eigenvalue weighted by Gasteiger charge is -2.11. The van der Waals surface area contributed by atoms with Crippen molar-refractivity contribution in [3.8, 4) is 0 Å². The fraction of sp³-hybridized carbons (Fsp3) is 0.357. The molecule has 90 valence electrons. The zero-order chi connectivity index (χ0) is 12.3. The van der Waals surface area contributed by atoms with E-state index in [9.17, 15) is 4.79 Å². The predicted molar refractivity (Wildman–Crippen MR) is 66.2 cm³/mol. The quantitative estimate of drug-likeness (QED) is 0.741. The van der Waals surface area contributed by atoms with Crippen molar-refractivity contribution in [1.29, 1.82) is 0 Å². The fourth-order valence-electron chi connectivity index (χ4n) is 1.84. The van der Waals surface area contributed by atoms with Crippen LogP contribution < -0.4 is 0 Å². The van der Waals surface area contributed by atoms with Crippen LogP contribution in [0, 0.1) is 0 Å². The van der Waals surface area contributed by atoms with Gasteiger partial charge >= 0.3 is 0 Å². The predicted octanol–water partition coefficient (Wildman–Crippen LogP) is 3.43. The lowest BCUT2D eigenvalue weighted by molar-refractivity contribution is 0.0421. The molecule has 17 heavy (non-hydrogen) atoms. The normalized spacial score (nSPS) is 12.8. The third kappa shape index (κ3) is 2.39. The number of fused-ring (bicyclic) bond motifs is 1. The SMILES string of the molecule is CCOC(CC)C(=O)c1cc2ccccc2o1. The van der Waals surface area contributed by atoms with Crippen molar-refractivity contribution in [2.24, 2.45) is 0 Å². The maximum atomic E-state index is 12.1. The number of para-hydroxylation sites is 1. The topological polar surface area (TPSA) is 39.4 Å². The van der Waals surface area contributed by atoms with Crippen LogP contribution in [-0.4, -0.2) is 18.5 Å². The molecule has 3 heteroatoms. The molecule has 3 nitrogen and oxygen atoms in total. The molecule has 1 aromatic heterocycles. The van der Waals surface area contributed by atoms with E-state index in [-0.39, 0.29) is 5.78 Å². The molecule has 0 radical (unpaired) electrons. The first kappa shape index (κ1) is 11.9. The number of rotatable bonds is 5. The number of Topliss-reactive ketones (excluding diaryl/α,β-unsaturated/α-hetero) is 1. The van der Waals surface area contributed by atoms with Gasteiger partial charge in [-0.1, -0.05) is 25.1 Å². The highest BCUT2D eigenvalue weighted by atomic mass is 16.5. The maximum Gasteiger partial charge on any atom is 0.226 e. The summed E-state index contributed by atoms with van der Waals surface area (Å²) in [5.41, 5.74) is 0.738. The molecule has 0 bridgehead atoms. The van der Waals surface area contributed by atoms with Gasteiger partial charge in [0.2, 0.25) is 5.78 Å². The minimum atomic E-state index is -0.402. The molecule has 0 aliphatic heterocycles. The van der Waals surface area contributed by atoms with Crippen molar-refractivity contribution in [2.45, 2.75) is 26.4 Å². The van der Waals surface area contributed by atoms with Crippen LogP contribution in [0.2, 0.25) is 0 Å². The average molecular weight is 232 g/mol. The minimum absolute atomic E-state index is 0.0782. The van der Waals surface area contributed by atoms with Gasteiger partial charge < -0.3 is 9.15 Å². The van der Waals surface area contributed by atoms with E-state index in [0.717, 1.165) is 11.0 Å². The first-order valence-electron chi connectivity index (χ1n) is 5.90. The van der Waals surface area contributed by atoms with Crippen molar-refractivity contribution in [3.63, 3.8) is 0 Å². The van der Waals surface area contributed by atoms with Crippen molar-refractivity contribution in [3.05, 3.63) is 36.1 Å². The van der Waals surface area contributed by atoms with Crippen LogP contribution in [0.15, 0.2) is 34.7 Å². The summed E-state index contributed by atoms with van der Waals surface area (Å²) in [4.78, 5) is 12.1. The second-order valence-electron chi connectivity index (χ2n) is 3.86. The second-order valence-corrected chi connectivity index (χ2v) is 3.86. The molecule has 0 N–H and O–H groups in total. The fourth-order valence-corrected chi connectivity index (χ4v) is 1.84. The Balaban J connectivity index is 2.29. The van der Waals surface area contributed by atoms with Crippen LogP contribution in [0.5, 0.6) is 0 Å². The molecule has 0 fully saturated rings. The summed E-state index contributed by atoms with van der Waals surface area (Å²) in [7, 11) is 0. The van der Waals surface area contributed by atoms with Gasteiger partial charge in [0.25, 0.3) is 0 Å². The average Bonchev–Trinajstić information content (AvgIpc) is 2.78. The van der Waals surface area contributed by atoms with Crippen LogP contribution in [-0.2, 0) is 4.74 Å². The molecule has 1 aromatic carbocycles. The Hall–Kier alpha value is -1.61. The zero-order valence-electron chi connectivity index (χ0n) is 10.1. The molecule has 1 heterocycles. The molecule has 1 atom stereocenters. The molecule has 2 rings (SSSR count). The molecule has 0 saturated carbocycles. The molecular weight excluding hydrogens is 216 g/mol. The number of ether oxygens (including phenoxy) is 1. The van der Waals surface area contributed by atoms with Crippen LogP contribution in [0.1, 0.15) is 30.8 Å². The van der Waals surface area contributed by atoms with E-state index in [1.54, 1.807) is 6.07 Å². The zero-order valence-corrected chi connectivity index (χ0v) is 10.1. The van der Waals surface area contributed by atoms with Gasteiger partial charge in [0.1, 0.15) is 11.7 Å². The first-order chi connectivity index (χ1) is 8.26. The summed E-state index contributed by atoms with van der Waals surface area (Å²) >= 11 is 0. The summed E-state index contributed by atoms with van der Waals surface area (Å²) < 4.78 is 10.9. The smallest absolute Gasteiger partial charge is 0.226 e. The number of furan rings is 1. The molecule has 0 aliphatic rings. The lowest BCUT2D eigenvalue weighted by Crippen LogP contribution is -2.23. The van der Waals surface area contributed by atoms with Gasteiger partial charge in [-0.2, -0.15) is 0 Å². The standard InChI is InChI=1S/C14H16O3/c1-3-11(16-4-2)14(15)13-9-10-7-5-6-8-12(10)17-13/h5-9,11H,3-4H2,1-2H3. The molecule has 1 unspecified atom stereocenters. The largest absolute Gasteiger partial charge is 0.453 e. The summed E-state index contributed by atoms with van der Waals surface area (Å²) in [6, 6.07) is 9.37. The van der Waals surface area contributed by atoms with E-state index in [1.165, 1.54) is 0 Å². The van der Waals surface area contributed by atoms with Crippen LogP contribution in [0.3, 0.4) is 0 Å². The van der Waals surface area contributed by atoms with Gasteiger partial charge in [-0.3, -0.25) is 4.79 Å². The van der Waals surface area contributed by atoms with E-state index >= 15 is 0 Å². The van der Waals surface area contributed by atoms with Gasteiger partial charge in [-0.05, 0) is 25.5 Å². The monoisotopic (exact) mass is 232 g/mol. The van der Waals surface area contributed by atoms with Gasteiger partial charge in [0.05, 0.1) is 0 Å². The summed E-state index contributed by atoms with van der Waals surface area (Å²) in [6.45, 7) is 4.35. The first-order valence-corrected chi connectivity index (χ1v) is 5.90. The van der Waals surface area contributed by atoms with E-state index in [2.05, 4.69) is 0 Å². The van der Waals surface area contributed by atoms with E-state index in [1.807, 2.05) is 38.1 Å². The highest BCUT2D eigenvalue weighted by molar-refractivity contribution is 6.00. The third-order valence-corrected chi connectivity index (χ3v) is 2.70. The molecular formula is C14H16O3. The number of benzene rings is 1. The third-order valence-electron chi connectivity index (χ3n) is 2.70. The number of hydrogen-bond acceptors (Lipinski definition) is 3. The van der Waals surface area contributed by atoms with Gasteiger partial charge in [0.15, 0.2) is 5.76 Å².